The summed E-state index contributed by atoms with van der Waals surface area (Å²) < 4.78 is 8.76. The van der Waals surface area contributed by atoms with Crippen LogP contribution in [0.5, 0.6) is 0 Å². The van der Waals surface area contributed by atoms with Gasteiger partial charge in [-0.15, -0.1) is 0 Å². The third-order valence-corrected chi connectivity index (χ3v) is 7.27. The molecule has 12 nitrogen and oxygen atoms in total. The lowest BCUT2D eigenvalue weighted by molar-refractivity contribution is -0.145. The number of aryl methyl sites for hydroxylation is 1. The second kappa shape index (κ2) is 13.0. The van der Waals surface area contributed by atoms with Gasteiger partial charge in [-0.2, -0.15) is 10.4 Å². The largest absolute Gasteiger partial charge is 0.459 e. The number of hydrogen-bond donors (Lipinski definition) is 1. The van der Waals surface area contributed by atoms with Gasteiger partial charge in [0.1, 0.15) is 31.2 Å². The van der Waals surface area contributed by atoms with Gasteiger partial charge < -0.3 is 15.0 Å². The SMILES string of the molecule is Cc1cc(C#N)nc(N2CCN(Sc3ccc(NC(=O)c4ncnn4CC(=O)OCc4ccccc4)cc3)CC2)n1. The monoisotopic (exact) mass is 569 g/mol. The summed E-state index contributed by atoms with van der Waals surface area (Å²) in [5.41, 5.74) is 2.61. The molecule has 1 aliphatic heterocycles. The Hall–Kier alpha value is -4.80. The number of nitrogens with one attached hydrogen (secondary N) is 1. The molecule has 2 aromatic carbocycles. The molecule has 41 heavy (non-hydrogen) atoms. The van der Waals surface area contributed by atoms with E-state index >= 15 is 0 Å². The zero-order valence-corrected chi connectivity index (χ0v) is 23.1. The molecule has 208 valence electrons. The first-order valence-corrected chi connectivity index (χ1v) is 13.7. The topological polar surface area (TPSA) is 142 Å². The van der Waals surface area contributed by atoms with Crippen LogP contribution in [0.3, 0.4) is 0 Å². The summed E-state index contributed by atoms with van der Waals surface area (Å²) in [5.74, 6) is -0.398. The lowest BCUT2D eigenvalue weighted by Gasteiger charge is -2.33. The summed E-state index contributed by atoms with van der Waals surface area (Å²) in [6.07, 6.45) is 1.23. The van der Waals surface area contributed by atoms with Crippen molar-refractivity contribution in [3.05, 3.63) is 89.8 Å². The van der Waals surface area contributed by atoms with E-state index in [2.05, 4.69) is 40.6 Å². The molecule has 1 saturated heterocycles. The minimum absolute atomic E-state index is 0.0115. The zero-order chi connectivity index (χ0) is 28.6. The number of piperazine rings is 1. The molecule has 4 aromatic rings. The molecule has 0 atom stereocenters. The first kappa shape index (κ1) is 27.8. The van der Waals surface area contributed by atoms with Crippen LogP contribution in [0.25, 0.3) is 0 Å². The molecule has 2 aromatic heterocycles. The van der Waals surface area contributed by atoms with Crippen LogP contribution in [0.2, 0.25) is 0 Å². The molecule has 1 amide bonds. The van der Waals surface area contributed by atoms with E-state index in [1.165, 1.54) is 11.0 Å². The summed E-state index contributed by atoms with van der Waals surface area (Å²) >= 11 is 1.63. The minimum atomic E-state index is -0.519. The van der Waals surface area contributed by atoms with Gasteiger partial charge in [0, 0.05) is 42.5 Å². The highest BCUT2D eigenvalue weighted by molar-refractivity contribution is 7.97. The highest BCUT2D eigenvalue weighted by Gasteiger charge is 2.21. The molecule has 0 aliphatic carbocycles. The minimum Gasteiger partial charge on any atom is -0.459 e. The van der Waals surface area contributed by atoms with E-state index in [0.717, 1.165) is 42.3 Å². The number of amides is 1. The van der Waals surface area contributed by atoms with E-state index in [-0.39, 0.29) is 19.0 Å². The molecule has 5 rings (SSSR count). The fourth-order valence-corrected chi connectivity index (χ4v) is 5.03. The van der Waals surface area contributed by atoms with Gasteiger partial charge in [-0.3, -0.25) is 9.59 Å². The molecule has 0 unspecified atom stereocenters. The average Bonchev–Trinajstić information content (AvgIpc) is 3.46. The van der Waals surface area contributed by atoms with Gasteiger partial charge in [0.05, 0.1) is 0 Å². The van der Waals surface area contributed by atoms with Crippen molar-refractivity contribution < 1.29 is 14.3 Å². The number of anilines is 2. The van der Waals surface area contributed by atoms with Crippen molar-refractivity contribution >= 4 is 35.5 Å². The summed E-state index contributed by atoms with van der Waals surface area (Å²) in [6, 6.07) is 20.6. The van der Waals surface area contributed by atoms with Crippen molar-refractivity contribution in [3.8, 4) is 6.07 Å². The zero-order valence-electron chi connectivity index (χ0n) is 22.3. The lowest BCUT2D eigenvalue weighted by Crippen LogP contribution is -2.44. The highest BCUT2D eigenvalue weighted by atomic mass is 32.2. The smallest absolute Gasteiger partial charge is 0.328 e. The Labute approximate surface area is 241 Å². The van der Waals surface area contributed by atoms with E-state index in [9.17, 15) is 14.9 Å². The molecule has 1 aliphatic rings. The number of nitriles is 1. The standard InChI is InChI=1S/C28H27N9O3S/c1-20-15-23(16-29)34-28(32-20)35-11-13-36(14-12-35)41-24-9-7-22(8-10-24)33-27(39)26-30-19-31-37(26)17-25(38)40-18-21-5-3-2-4-6-21/h2-10,15,19H,11-14,17-18H2,1H3,(H,33,39). The molecule has 3 heterocycles. The number of rotatable bonds is 9. The van der Waals surface area contributed by atoms with Crippen molar-refractivity contribution in [2.75, 3.05) is 36.4 Å². The van der Waals surface area contributed by atoms with Crippen LogP contribution in [-0.2, 0) is 22.7 Å². The number of benzene rings is 2. The van der Waals surface area contributed by atoms with Gasteiger partial charge in [-0.25, -0.2) is 23.9 Å². The van der Waals surface area contributed by atoms with Gasteiger partial charge in [-0.05, 0) is 54.8 Å². The number of carbonyl (C=O) groups excluding carboxylic acids is 2. The molecule has 1 fully saturated rings. The van der Waals surface area contributed by atoms with Crippen molar-refractivity contribution in [2.24, 2.45) is 0 Å². The second-order valence-corrected chi connectivity index (χ2v) is 10.4. The molecule has 1 N–H and O–H groups in total. The number of esters is 1. The van der Waals surface area contributed by atoms with Crippen LogP contribution >= 0.6 is 11.9 Å². The normalized spacial score (nSPS) is 13.4. The van der Waals surface area contributed by atoms with E-state index in [1.54, 1.807) is 18.0 Å². The van der Waals surface area contributed by atoms with E-state index < -0.39 is 11.9 Å². The number of nitrogens with zero attached hydrogens (tertiary/aromatic N) is 8. The molecule has 13 heteroatoms. The first-order valence-electron chi connectivity index (χ1n) is 12.9. The van der Waals surface area contributed by atoms with E-state index in [4.69, 9.17) is 4.74 Å². The van der Waals surface area contributed by atoms with Gasteiger partial charge in [0.25, 0.3) is 5.91 Å². The van der Waals surface area contributed by atoms with Crippen molar-refractivity contribution in [2.45, 2.75) is 25.0 Å². The Bertz CT molecular complexity index is 1550. The van der Waals surface area contributed by atoms with Gasteiger partial charge >= 0.3 is 5.97 Å². The predicted molar refractivity (Wildman–Crippen MR) is 152 cm³/mol. The number of carbonyl (C=O) groups is 2. The summed E-state index contributed by atoms with van der Waals surface area (Å²) in [4.78, 5) is 41.1. The Balaban J connectivity index is 1.10. The summed E-state index contributed by atoms with van der Waals surface area (Å²) in [5, 5.41) is 16.0. The molecule has 0 saturated carbocycles. The maximum atomic E-state index is 12.8. The maximum Gasteiger partial charge on any atom is 0.328 e. The maximum absolute atomic E-state index is 12.8. The molecular formula is C28H27N9O3S. The van der Waals surface area contributed by atoms with Crippen LogP contribution < -0.4 is 10.2 Å². The van der Waals surface area contributed by atoms with E-state index in [1.807, 2.05) is 61.5 Å². The number of hydrogen-bond acceptors (Lipinski definition) is 11. The predicted octanol–water partition coefficient (Wildman–Crippen LogP) is 3.07. The Morgan fingerprint density at radius 2 is 1.80 bits per heavy atom. The van der Waals surface area contributed by atoms with Crippen LogP contribution in [0.4, 0.5) is 11.6 Å². The fraction of sp³-hybridized carbons (Fsp3) is 0.250. The fourth-order valence-electron chi connectivity index (χ4n) is 4.13. The van der Waals surface area contributed by atoms with Gasteiger partial charge in [-0.1, -0.05) is 30.3 Å². The quantitative estimate of drug-likeness (QED) is 0.235. The number of ether oxygens (including phenoxy) is 1. The summed E-state index contributed by atoms with van der Waals surface area (Å²) in [6.45, 7) is 4.86. The molecule has 0 radical (unpaired) electrons. The molecule has 0 spiro atoms. The van der Waals surface area contributed by atoms with Crippen LogP contribution in [-0.4, -0.2) is 67.1 Å². The number of aromatic nitrogens is 5. The molecular weight excluding hydrogens is 542 g/mol. The highest BCUT2D eigenvalue weighted by Crippen LogP contribution is 2.26. The van der Waals surface area contributed by atoms with Gasteiger partial charge in [0.2, 0.25) is 11.8 Å². The third kappa shape index (κ3) is 7.44. The average molecular weight is 570 g/mol. The Kier molecular flexibility index (Phi) is 8.82. The summed E-state index contributed by atoms with van der Waals surface area (Å²) in [7, 11) is 0. The van der Waals surface area contributed by atoms with Crippen molar-refractivity contribution in [3.63, 3.8) is 0 Å². The van der Waals surface area contributed by atoms with Crippen LogP contribution in [0.15, 0.2) is 71.9 Å². The Morgan fingerprint density at radius 3 is 2.54 bits per heavy atom. The van der Waals surface area contributed by atoms with Gasteiger partial charge in [0.15, 0.2) is 0 Å². The molecule has 0 bridgehead atoms. The first-order chi connectivity index (χ1) is 20.0. The third-order valence-electron chi connectivity index (χ3n) is 6.17. The second-order valence-electron chi connectivity index (χ2n) is 9.18. The van der Waals surface area contributed by atoms with Crippen molar-refractivity contribution in [1.29, 1.82) is 5.26 Å². The Morgan fingerprint density at radius 1 is 1.05 bits per heavy atom. The van der Waals surface area contributed by atoms with Crippen LogP contribution in [0, 0.1) is 18.3 Å². The van der Waals surface area contributed by atoms with Crippen LogP contribution in [0.1, 0.15) is 27.6 Å². The van der Waals surface area contributed by atoms with E-state index in [0.29, 0.717) is 17.3 Å². The van der Waals surface area contributed by atoms with Crippen molar-refractivity contribution in [1.82, 2.24) is 29.0 Å². The lowest BCUT2D eigenvalue weighted by atomic mass is 10.2.